The van der Waals surface area contributed by atoms with Gasteiger partial charge >= 0.3 is 0 Å². The lowest BCUT2D eigenvalue weighted by atomic mass is 10.1. The van der Waals surface area contributed by atoms with Crippen molar-refractivity contribution in [2.24, 2.45) is 0 Å². The molecular weight excluding hydrogens is 240 g/mol. The molecule has 19 heavy (non-hydrogen) atoms. The third kappa shape index (κ3) is 3.93. The second-order valence-electron chi connectivity index (χ2n) is 6.10. The quantitative estimate of drug-likeness (QED) is 0.766. The lowest BCUT2D eigenvalue weighted by Crippen LogP contribution is -2.49. The number of aliphatic hydroxyl groups excluding tert-OH is 1. The van der Waals surface area contributed by atoms with Gasteiger partial charge < -0.3 is 15.3 Å². The van der Waals surface area contributed by atoms with E-state index in [9.17, 15) is 4.79 Å². The van der Waals surface area contributed by atoms with Gasteiger partial charge in [-0.15, -0.1) is 0 Å². The summed E-state index contributed by atoms with van der Waals surface area (Å²) in [6.45, 7) is 3.09. The lowest BCUT2D eigenvalue weighted by molar-refractivity contribution is -0.135. The Morgan fingerprint density at radius 2 is 1.89 bits per heavy atom. The molecule has 1 aliphatic heterocycles. The number of aliphatic hydroxyl groups is 1. The van der Waals surface area contributed by atoms with Crippen LogP contribution >= 0.6 is 0 Å². The van der Waals surface area contributed by atoms with Gasteiger partial charge in [-0.2, -0.15) is 0 Å². The van der Waals surface area contributed by atoms with Gasteiger partial charge in [-0.3, -0.25) is 4.79 Å². The van der Waals surface area contributed by atoms with E-state index in [2.05, 4.69) is 17.1 Å². The SMILES string of the molecule is CC1CCN(C2CCCCCC2)C(=O)C(CCO)N1. The summed E-state index contributed by atoms with van der Waals surface area (Å²) in [7, 11) is 0. The first-order valence-corrected chi connectivity index (χ1v) is 7.89. The Kier molecular flexibility index (Phi) is 5.64. The van der Waals surface area contributed by atoms with Crippen LogP contribution in [-0.2, 0) is 4.79 Å². The number of hydrogen-bond donors (Lipinski definition) is 2. The molecule has 0 radical (unpaired) electrons. The van der Waals surface area contributed by atoms with E-state index in [-0.39, 0.29) is 18.6 Å². The molecule has 2 rings (SSSR count). The molecule has 0 bridgehead atoms. The van der Waals surface area contributed by atoms with Crippen LogP contribution in [0.3, 0.4) is 0 Å². The number of amides is 1. The molecule has 110 valence electrons. The molecule has 1 aliphatic carbocycles. The molecule has 1 heterocycles. The van der Waals surface area contributed by atoms with E-state index >= 15 is 0 Å². The first-order valence-electron chi connectivity index (χ1n) is 7.89. The van der Waals surface area contributed by atoms with E-state index < -0.39 is 0 Å². The summed E-state index contributed by atoms with van der Waals surface area (Å²) in [5, 5.41) is 12.5. The average molecular weight is 268 g/mol. The van der Waals surface area contributed by atoms with Crippen molar-refractivity contribution < 1.29 is 9.90 Å². The Morgan fingerprint density at radius 1 is 1.21 bits per heavy atom. The zero-order valence-electron chi connectivity index (χ0n) is 12.1. The predicted octanol–water partition coefficient (Wildman–Crippen LogP) is 1.67. The van der Waals surface area contributed by atoms with Crippen LogP contribution in [0.25, 0.3) is 0 Å². The highest BCUT2D eigenvalue weighted by Gasteiger charge is 2.32. The number of hydrogen-bond acceptors (Lipinski definition) is 3. The molecule has 2 atom stereocenters. The molecule has 4 heteroatoms. The fourth-order valence-corrected chi connectivity index (χ4v) is 3.41. The number of carbonyl (C=O) groups excluding carboxylic acids is 1. The van der Waals surface area contributed by atoms with Gasteiger partial charge in [0, 0.05) is 25.2 Å². The number of rotatable bonds is 3. The van der Waals surface area contributed by atoms with Crippen LogP contribution in [0.2, 0.25) is 0 Å². The maximum Gasteiger partial charge on any atom is 0.240 e. The molecule has 1 saturated heterocycles. The topological polar surface area (TPSA) is 52.6 Å². The van der Waals surface area contributed by atoms with Gasteiger partial charge in [0.2, 0.25) is 5.91 Å². The summed E-state index contributed by atoms with van der Waals surface area (Å²) in [6, 6.07) is 0.602. The van der Waals surface area contributed by atoms with Gasteiger partial charge in [0.1, 0.15) is 0 Å². The van der Waals surface area contributed by atoms with E-state index in [1.165, 1.54) is 25.7 Å². The zero-order valence-corrected chi connectivity index (χ0v) is 12.1. The monoisotopic (exact) mass is 268 g/mol. The Bertz CT molecular complexity index is 288. The van der Waals surface area contributed by atoms with Crippen molar-refractivity contribution in [3.63, 3.8) is 0 Å². The second kappa shape index (κ2) is 7.25. The summed E-state index contributed by atoms with van der Waals surface area (Å²) in [5.74, 6) is 0.213. The molecule has 2 N–H and O–H groups in total. The minimum absolute atomic E-state index is 0.0780. The molecule has 2 aliphatic rings. The molecule has 0 aromatic carbocycles. The highest BCUT2D eigenvalue weighted by atomic mass is 16.3. The van der Waals surface area contributed by atoms with E-state index in [0.29, 0.717) is 18.5 Å². The van der Waals surface area contributed by atoms with E-state index in [4.69, 9.17) is 5.11 Å². The van der Waals surface area contributed by atoms with Crippen molar-refractivity contribution in [3.8, 4) is 0 Å². The third-order valence-electron chi connectivity index (χ3n) is 4.55. The Balaban J connectivity index is 2.05. The summed E-state index contributed by atoms with van der Waals surface area (Å²) in [4.78, 5) is 14.8. The average Bonchev–Trinajstić information content (AvgIpc) is 2.72. The van der Waals surface area contributed by atoms with Crippen molar-refractivity contribution >= 4 is 5.91 Å². The Morgan fingerprint density at radius 3 is 2.53 bits per heavy atom. The van der Waals surface area contributed by atoms with Gasteiger partial charge in [0.25, 0.3) is 0 Å². The molecule has 0 aromatic rings. The van der Waals surface area contributed by atoms with Crippen molar-refractivity contribution in [1.29, 1.82) is 0 Å². The normalized spacial score (nSPS) is 31.1. The Labute approximate surface area is 116 Å². The van der Waals surface area contributed by atoms with Crippen LogP contribution in [0.15, 0.2) is 0 Å². The van der Waals surface area contributed by atoms with Crippen molar-refractivity contribution in [1.82, 2.24) is 10.2 Å². The van der Waals surface area contributed by atoms with Gasteiger partial charge in [-0.05, 0) is 32.6 Å². The Hall–Kier alpha value is -0.610. The van der Waals surface area contributed by atoms with Gasteiger partial charge in [0.15, 0.2) is 0 Å². The summed E-state index contributed by atoms with van der Waals surface area (Å²) in [6.07, 6.45) is 9.00. The van der Waals surface area contributed by atoms with Crippen LogP contribution in [0, 0.1) is 0 Å². The molecule has 1 amide bonds. The second-order valence-corrected chi connectivity index (χ2v) is 6.10. The first-order chi connectivity index (χ1) is 9.22. The molecular formula is C15H28N2O2. The van der Waals surface area contributed by atoms with E-state index in [1.807, 2.05) is 0 Å². The van der Waals surface area contributed by atoms with Crippen molar-refractivity contribution in [2.45, 2.75) is 76.4 Å². The van der Waals surface area contributed by atoms with Crippen molar-refractivity contribution in [3.05, 3.63) is 0 Å². The van der Waals surface area contributed by atoms with E-state index in [1.54, 1.807) is 0 Å². The van der Waals surface area contributed by atoms with Gasteiger partial charge in [-0.1, -0.05) is 25.7 Å². The maximum absolute atomic E-state index is 12.6. The van der Waals surface area contributed by atoms with Crippen molar-refractivity contribution in [2.75, 3.05) is 13.2 Å². The van der Waals surface area contributed by atoms with Crippen LogP contribution in [0.1, 0.15) is 58.3 Å². The molecule has 0 spiro atoms. The summed E-state index contributed by atoms with van der Waals surface area (Å²) < 4.78 is 0. The minimum Gasteiger partial charge on any atom is -0.396 e. The molecule has 0 aromatic heterocycles. The zero-order chi connectivity index (χ0) is 13.7. The number of nitrogens with zero attached hydrogens (tertiary/aromatic N) is 1. The summed E-state index contributed by atoms with van der Waals surface area (Å²) in [5.41, 5.74) is 0. The predicted molar refractivity (Wildman–Crippen MR) is 75.9 cm³/mol. The van der Waals surface area contributed by atoms with E-state index in [0.717, 1.165) is 25.8 Å². The highest BCUT2D eigenvalue weighted by molar-refractivity contribution is 5.82. The number of nitrogens with one attached hydrogen (secondary N) is 1. The molecule has 2 fully saturated rings. The lowest BCUT2D eigenvalue weighted by Gasteiger charge is -2.32. The fourth-order valence-electron chi connectivity index (χ4n) is 3.41. The third-order valence-corrected chi connectivity index (χ3v) is 4.55. The van der Waals surface area contributed by atoms with Crippen LogP contribution in [-0.4, -0.2) is 47.2 Å². The standard InChI is InChI=1S/C15H28N2O2/c1-12-8-10-17(13-6-4-2-3-5-7-13)15(19)14(16-12)9-11-18/h12-14,16,18H,2-11H2,1H3. The maximum atomic E-state index is 12.6. The highest BCUT2D eigenvalue weighted by Crippen LogP contribution is 2.24. The van der Waals surface area contributed by atoms with Crippen LogP contribution < -0.4 is 5.32 Å². The largest absolute Gasteiger partial charge is 0.396 e. The molecule has 4 nitrogen and oxygen atoms in total. The molecule has 1 saturated carbocycles. The first kappa shape index (κ1) is 14.8. The minimum atomic E-state index is -0.189. The van der Waals surface area contributed by atoms with Gasteiger partial charge in [0.05, 0.1) is 6.04 Å². The molecule has 2 unspecified atom stereocenters. The van der Waals surface area contributed by atoms with Crippen LogP contribution in [0.4, 0.5) is 0 Å². The number of carbonyl (C=O) groups is 1. The fraction of sp³-hybridized carbons (Fsp3) is 0.933. The van der Waals surface area contributed by atoms with Crippen LogP contribution in [0.5, 0.6) is 0 Å². The summed E-state index contributed by atoms with van der Waals surface area (Å²) >= 11 is 0. The van der Waals surface area contributed by atoms with Gasteiger partial charge in [-0.25, -0.2) is 0 Å². The smallest absolute Gasteiger partial charge is 0.240 e.